The summed E-state index contributed by atoms with van der Waals surface area (Å²) in [4.78, 5) is 22.2. The molecule has 3 rings (SSSR count). The first kappa shape index (κ1) is 13.8. The summed E-state index contributed by atoms with van der Waals surface area (Å²) in [6.07, 6.45) is 2.74. The van der Waals surface area contributed by atoms with Crippen LogP contribution in [-0.2, 0) is 9.53 Å². The second-order valence-corrected chi connectivity index (χ2v) is 5.29. The van der Waals surface area contributed by atoms with Gasteiger partial charge in [-0.1, -0.05) is 0 Å². The Morgan fingerprint density at radius 2 is 2.19 bits per heavy atom. The maximum absolute atomic E-state index is 11.6. The fourth-order valence-electron chi connectivity index (χ4n) is 2.07. The average molecular weight is 292 g/mol. The van der Waals surface area contributed by atoms with Crippen LogP contribution in [0.5, 0.6) is 5.75 Å². The number of benzene rings is 1. The normalized spacial score (nSPS) is 20.5. The molecule has 112 valence electrons. The number of hydrogen-bond acceptors (Lipinski definition) is 6. The summed E-state index contributed by atoms with van der Waals surface area (Å²) in [5.74, 6) is 0.0478. The van der Waals surface area contributed by atoms with Gasteiger partial charge in [0.2, 0.25) is 0 Å². The third-order valence-electron chi connectivity index (χ3n) is 3.61. The van der Waals surface area contributed by atoms with E-state index in [4.69, 9.17) is 9.47 Å². The summed E-state index contributed by atoms with van der Waals surface area (Å²) in [5, 5.41) is 14.0. The average Bonchev–Trinajstić information content (AvgIpc) is 3.21. The first-order valence-electron chi connectivity index (χ1n) is 6.99. The quantitative estimate of drug-likeness (QED) is 0.374. The smallest absolute Gasteiger partial charge is 0.314 e. The molecule has 1 aliphatic carbocycles. The molecule has 0 aromatic heterocycles. The molecule has 2 fully saturated rings. The van der Waals surface area contributed by atoms with Crippen LogP contribution < -0.4 is 10.1 Å². The van der Waals surface area contributed by atoms with Crippen LogP contribution in [-0.4, -0.2) is 30.1 Å². The van der Waals surface area contributed by atoms with Gasteiger partial charge in [-0.15, -0.1) is 0 Å². The molecule has 0 amide bonds. The standard InChI is InChI=1S/C14H16N2O5/c17-14(9-1-2-9)21-10-3-4-13(16(18)19)12(7-10)15-8-11-5-6-20-11/h3-4,7,9,11,15H,1-2,5-6,8H2/t11-/m0/s1. The largest absolute Gasteiger partial charge is 0.426 e. The number of esters is 1. The van der Waals surface area contributed by atoms with Crippen molar-refractivity contribution in [3.05, 3.63) is 28.3 Å². The highest BCUT2D eigenvalue weighted by Gasteiger charge is 2.32. The molecule has 1 N–H and O–H groups in total. The van der Waals surface area contributed by atoms with Crippen molar-refractivity contribution in [3.63, 3.8) is 0 Å². The van der Waals surface area contributed by atoms with E-state index in [2.05, 4.69) is 5.32 Å². The molecule has 2 aliphatic rings. The van der Waals surface area contributed by atoms with Crippen molar-refractivity contribution in [2.45, 2.75) is 25.4 Å². The Morgan fingerprint density at radius 1 is 1.43 bits per heavy atom. The molecular formula is C14H16N2O5. The number of hydrogen-bond donors (Lipinski definition) is 1. The predicted octanol–water partition coefficient (Wildman–Crippen LogP) is 2.11. The van der Waals surface area contributed by atoms with Crippen molar-refractivity contribution in [2.24, 2.45) is 5.92 Å². The van der Waals surface area contributed by atoms with Crippen molar-refractivity contribution in [1.82, 2.24) is 0 Å². The Bertz CT molecular complexity index is 566. The van der Waals surface area contributed by atoms with E-state index in [-0.39, 0.29) is 23.7 Å². The lowest BCUT2D eigenvalue weighted by atomic mass is 10.2. The molecule has 0 bridgehead atoms. The Kier molecular flexibility index (Phi) is 3.74. The van der Waals surface area contributed by atoms with Crippen LogP contribution in [0.3, 0.4) is 0 Å². The molecule has 1 aromatic rings. The van der Waals surface area contributed by atoms with Crippen LogP contribution in [0.25, 0.3) is 0 Å². The molecule has 7 nitrogen and oxygen atoms in total. The maximum Gasteiger partial charge on any atom is 0.314 e. The fraction of sp³-hybridized carbons (Fsp3) is 0.500. The molecule has 1 heterocycles. The molecule has 1 aromatic carbocycles. The van der Waals surface area contributed by atoms with Crippen LogP contribution >= 0.6 is 0 Å². The number of carbonyl (C=O) groups is 1. The second-order valence-electron chi connectivity index (χ2n) is 5.29. The van der Waals surface area contributed by atoms with Gasteiger partial charge in [0.1, 0.15) is 11.4 Å². The second kappa shape index (κ2) is 5.69. The minimum Gasteiger partial charge on any atom is -0.426 e. The summed E-state index contributed by atoms with van der Waals surface area (Å²) in [6, 6.07) is 4.29. The van der Waals surface area contributed by atoms with Gasteiger partial charge in [-0.05, 0) is 25.3 Å². The third-order valence-corrected chi connectivity index (χ3v) is 3.61. The minimum atomic E-state index is -0.462. The Balaban J connectivity index is 1.72. The van der Waals surface area contributed by atoms with Gasteiger partial charge in [0, 0.05) is 25.3 Å². The zero-order valence-electron chi connectivity index (χ0n) is 11.4. The van der Waals surface area contributed by atoms with Gasteiger partial charge in [-0.3, -0.25) is 14.9 Å². The van der Waals surface area contributed by atoms with E-state index in [1.54, 1.807) is 0 Å². The van der Waals surface area contributed by atoms with E-state index in [0.717, 1.165) is 25.9 Å². The van der Waals surface area contributed by atoms with Crippen LogP contribution in [0.1, 0.15) is 19.3 Å². The first-order chi connectivity index (χ1) is 10.1. The molecule has 0 radical (unpaired) electrons. The van der Waals surface area contributed by atoms with E-state index < -0.39 is 4.92 Å². The number of nitrogens with one attached hydrogen (secondary N) is 1. The zero-order valence-corrected chi connectivity index (χ0v) is 11.4. The fourth-order valence-corrected chi connectivity index (χ4v) is 2.07. The molecule has 1 saturated heterocycles. The summed E-state index contributed by atoms with van der Waals surface area (Å²) >= 11 is 0. The lowest BCUT2D eigenvalue weighted by Gasteiger charge is -2.26. The Hall–Kier alpha value is -2.15. The van der Waals surface area contributed by atoms with E-state index in [9.17, 15) is 14.9 Å². The zero-order chi connectivity index (χ0) is 14.8. The topological polar surface area (TPSA) is 90.7 Å². The summed E-state index contributed by atoms with van der Waals surface area (Å²) in [6.45, 7) is 1.23. The highest BCUT2D eigenvalue weighted by atomic mass is 16.6. The van der Waals surface area contributed by atoms with Gasteiger partial charge in [0.25, 0.3) is 5.69 Å². The number of nitro groups is 1. The van der Waals surface area contributed by atoms with Gasteiger partial charge in [0.05, 0.1) is 16.9 Å². The molecule has 1 saturated carbocycles. The summed E-state index contributed by atoms with van der Waals surface area (Å²) in [5.41, 5.74) is 0.303. The molecule has 0 unspecified atom stereocenters. The van der Waals surface area contributed by atoms with Crippen LogP contribution in [0, 0.1) is 16.0 Å². The Morgan fingerprint density at radius 3 is 2.76 bits per heavy atom. The molecular weight excluding hydrogens is 276 g/mol. The molecule has 7 heteroatoms. The molecule has 1 aliphatic heterocycles. The van der Waals surface area contributed by atoms with Crippen molar-refractivity contribution < 1.29 is 19.2 Å². The Labute approximate surface area is 121 Å². The van der Waals surface area contributed by atoms with Crippen molar-refractivity contribution in [1.29, 1.82) is 0 Å². The predicted molar refractivity (Wildman–Crippen MR) is 74.3 cm³/mol. The lowest BCUT2D eigenvalue weighted by molar-refractivity contribution is -0.384. The highest BCUT2D eigenvalue weighted by Crippen LogP contribution is 2.33. The number of carbonyl (C=O) groups excluding carboxylic acids is 1. The summed E-state index contributed by atoms with van der Waals surface area (Å²) in [7, 11) is 0. The van der Waals surface area contributed by atoms with E-state index in [0.29, 0.717) is 18.0 Å². The van der Waals surface area contributed by atoms with Crippen LogP contribution in [0.15, 0.2) is 18.2 Å². The number of ether oxygens (including phenoxy) is 2. The van der Waals surface area contributed by atoms with Crippen molar-refractivity contribution in [3.8, 4) is 5.75 Å². The van der Waals surface area contributed by atoms with Gasteiger partial charge in [-0.25, -0.2) is 0 Å². The summed E-state index contributed by atoms with van der Waals surface area (Å²) < 4.78 is 10.5. The van der Waals surface area contributed by atoms with Gasteiger partial charge < -0.3 is 14.8 Å². The molecule has 1 atom stereocenters. The lowest BCUT2D eigenvalue weighted by Crippen LogP contribution is -2.33. The SMILES string of the molecule is O=C(Oc1ccc([N+](=O)[O-])c(NC[C@@H]2CCO2)c1)C1CC1. The third kappa shape index (κ3) is 3.30. The van der Waals surface area contributed by atoms with E-state index >= 15 is 0 Å². The van der Waals surface area contributed by atoms with E-state index in [1.165, 1.54) is 18.2 Å². The van der Waals surface area contributed by atoms with Crippen molar-refractivity contribution >= 4 is 17.3 Å². The molecule has 21 heavy (non-hydrogen) atoms. The number of nitro benzene ring substituents is 1. The van der Waals surface area contributed by atoms with Crippen LogP contribution in [0.2, 0.25) is 0 Å². The number of nitrogens with zero attached hydrogens (tertiary/aromatic N) is 1. The van der Waals surface area contributed by atoms with Gasteiger partial charge in [-0.2, -0.15) is 0 Å². The van der Waals surface area contributed by atoms with Crippen LogP contribution in [0.4, 0.5) is 11.4 Å². The first-order valence-corrected chi connectivity index (χ1v) is 6.99. The molecule has 0 spiro atoms. The van der Waals surface area contributed by atoms with Gasteiger partial charge in [0.15, 0.2) is 0 Å². The monoisotopic (exact) mass is 292 g/mol. The van der Waals surface area contributed by atoms with E-state index in [1.807, 2.05) is 0 Å². The van der Waals surface area contributed by atoms with Gasteiger partial charge >= 0.3 is 5.97 Å². The maximum atomic E-state index is 11.6. The number of rotatable bonds is 6. The number of anilines is 1. The highest BCUT2D eigenvalue weighted by molar-refractivity contribution is 5.78. The minimum absolute atomic E-state index is 0.0139. The van der Waals surface area contributed by atoms with Crippen molar-refractivity contribution in [2.75, 3.05) is 18.5 Å².